The van der Waals surface area contributed by atoms with E-state index in [1.54, 1.807) is 61.6 Å². The molecule has 7 nitrogen and oxygen atoms in total. The summed E-state index contributed by atoms with van der Waals surface area (Å²) in [5.74, 6) is 0.678. The van der Waals surface area contributed by atoms with Crippen LogP contribution in [0.15, 0.2) is 66.7 Å². The van der Waals surface area contributed by atoms with Crippen LogP contribution in [0.2, 0.25) is 0 Å². The molecular weight excluding hydrogens is 432 g/mol. The summed E-state index contributed by atoms with van der Waals surface area (Å²) >= 11 is 0. The first-order valence-electron chi connectivity index (χ1n) is 10.9. The minimum Gasteiger partial charge on any atom is -0.493 e. The van der Waals surface area contributed by atoms with E-state index >= 15 is 0 Å². The van der Waals surface area contributed by atoms with E-state index in [9.17, 15) is 14.4 Å². The maximum absolute atomic E-state index is 13.2. The van der Waals surface area contributed by atoms with Crippen LogP contribution in [0.1, 0.15) is 51.2 Å². The lowest BCUT2D eigenvalue weighted by Gasteiger charge is -2.28. The number of hydrogen-bond donors (Lipinski definition) is 1. The van der Waals surface area contributed by atoms with Crippen LogP contribution in [0.3, 0.4) is 0 Å². The zero-order chi connectivity index (χ0) is 24.2. The smallest absolute Gasteiger partial charge is 0.255 e. The zero-order valence-corrected chi connectivity index (χ0v) is 19.3. The fourth-order valence-electron chi connectivity index (χ4n) is 4.17. The number of amides is 2. The molecule has 34 heavy (non-hydrogen) atoms. The van der Waals surface area contributed by atoms with Gasteiger partial charge in [-0.3, -0.25) is 14.4 Å². The topological polar surface area (TPSA) is 84.9 Å². The lowest BCUT2D eigenvalue weighted by Crippen LogP contribution is -2.32. The van der Waals surface area contributed by atoms with Crippen LogP contribution < -0.4 is 14.8 Å². The van der Waals surface area contributed by atoms with Crippen LogP contribution in [0.5, 0.6) is 11.5 Å². The summed E-state index contributed by atoms with van der Waals surface area (Å²) in [5, 5.41) is 2.87. The maximum Gasteiger partial charge on any atom is 0.255 e. The summed E-state index contributed by atoms with van der Waals surface area (Å²) in [7, 11) is 3.10. The highest BCUT2D eigenvalue weighted by Crippen LogP contribution is 2.37. The quantitative estimate of drug-likeness (QED) is 0.498. The molecule has 1 aliphatic rings. The minimum absolute atomic E-state index is 0.0431. The van der Waals surface area contributed by atoms with Crippen LogP contribution in [0, 0.1) is 0 Å². The van der Waals surface area contributed by atoms with Gasteiger partial charge in [-0.1, -0.05) is 24.3 Å². The molecule has 4 rings (SSSR count). The first kappa shape index (κ1) is 23.0. The number of nitrogens with zero attached hydrogens (tertiary/aromatic N) is 1. The van der Waals surface area contributed by atoms with Crippen molar-refractivity contribution in [2.24, 2.45) is 0 Å². The summed E-state index contributed by atoms with van der Waals surface area (Å²) in [6.45, 7) is 1.90. The number of carbonyl (C=O) groups excluding carboxylic acids is 3. The van der Waals surface area contributed by atoms with Crippen molar-refractivity contribution in [2.45, 2.75) is 25.9 Å². The fourth-order valence-corrected chi connectivity index (χ4v) is 4.17. The molecule has 0 aliphatic carbocycles. The van der Waals surface area contributed by atoms with E-state index in [1.807, 2.05) is 24.3 Å². The van der Waals surface area contributed by atoms with Crippen molar-refractivity contribution in [3.8, 4) is 11.5 Å². The molecule has 0 aromatic heterocycles. The molecule has 1 aliphatic heterocycles. The number of ether oxygens (including phenoxy) is 2. The second kappa shape index (κ2) is 9.79. The molecular formula is C27H26N2O5. The van der Waals surface area contributed by atoms with Gasteiger partial charge in [0, 0.05) is 23.4 Å². The normalized spacial score (nSPS) is 13.3. The summed E-state index contributed by atoms with van der Waals surface area (Å²) in [6.07, 6.45) is 0.0453. The predicted molar refractivity (Wildman–Crippen MR) is 128 cm³/mol. The van der Waals surface area contributed by atoms with Gasteiger partial charge in [0.25, 0.3) is 5.91 Å². The third-order valence-corrected chi connectivity index (χ3v) is 5.97. The lowest BCUT2D eigenvalue weighted by molar-refractivity contribution is -0.117. The second-order valence-corrected chi connectivity index (χ2v) is 8.11. The Balaban J connectivity index is 1.62. The van der Waals surface area contributed by atoms with Gasteiger partial charge in [0.2, 0.25) is 5.91 Å². The highest BCUT2D eigenvalue weighted by molar-refractivity contribution is 5.99. The largest absolute Gasteiger partial charge is 0.493 e. The van der Waals surface area contributed by atoms with Crippen molar-refractivity contribution in [1.29, 1.82) is 0 Å². The minimum atomic E-state index is -0.517. The van der Waals surface area contributed by atoms with Crippen LogP contribution in [-0.4, -0.2) is 36.7 Å². The molecule has 3 aromatic rings. The zero-order valence-electron chi connectivity index (χ0n) is 19.3. The maximum atomic E-state index is 13.2. The number of fused-ring (bicyclic) bond motifs is 1. The number of benzene rings is 3. The van der Waals surface area contributed by atoms with Gasteiger partial charge >= 0.3 is 0 Å². The molecule has 7 heteroatoms. The monoisotopic (exact) mass is 458 g/mol. The lowest BCUT2D eigenvalue weighted by atomic mass is 10.0. The average molecular weight is 459 g/mol. The van der Waals surface area contributed by atoms with E-state index < -0.39 is 6.04 Å². The van der Waals surface area contributed by atoms with Crippen molar-refractivity contribution in [3.63, 3.8) is 0 Å². The molecule has 0 radical (unpaired) electrons. The molecule has 0 bridgehead atoms. The fraction of sp³-hybridized carbons (Fsp3) is 0.222. The summed E-state index contributed by atoms with van der Waals surface area (Å²) in [4.78, 5) is 39.5. The van der Waals surface area contributed by atoms with Gasteiger partial charge in [0.1, 0.15) is 0 Å². The van der Waals surface area contributed by atoms with Gasteiger partial charge in [-0.2, -0.15) is 0 Å². The van der Waals surface area contributed by atoms with Crippen molar-refractivity contribution in [1.82, 2.24) is 4.90 Å². The molecule has 174 valence electrons. The summed E-state index contributed by atoms with van der Waals surface area (Å²) in [6, 6.07) is 19.1. The van der Waals surface area contributed by atoms with Crippen LogP contribution in [0.25, 0.3) is 0 Å². The molecule has 1 heterocycles. The van der Waals surface area contributed by atoms with E-state index in [0.29, 0.717) is 34.9 Å². The van der Waals surface area contributed by atoms with Crippen molar-refractivity contribution in [3.05, 3.63) is 89.0 Å². The van der Waals surface area contributed by atoms with E-state index in [0.717, 1.165) is 11.1 Å². The average Bonchev–Trinajstić information content (AvgIpc) is 3.18. The van der Waals surface area contributed by atoms with Gasteiger partial charge < -0.3 is 19.7 Å². The molecule has 0 spiro atoms. The van der Waals surface area contributed by atoms with Crippen LogP contribution in [0.4, 0.5) is 5.69 Å². The van der Waals surface area contributed by atoms with Crippen LogP contribution >= 0.6 is 0 Å². The molecule has 1 atom stereocenters. The summed E-state index contributed by atoms with van der Waals surface area (Å²) in [5.41, 5.74) is 3.49. The summed E-state index contributed by atoms with van der Waals surface area (Å²) < 4.78 is 10.8. The number of Topliss-reactive ketones (excluding diaryl/α,β-unsaturated/α-hetero) is 1. The van der Waals surface area contributed by atoms with E-state index in [4.69, 9.17) is 9.47 Å². The Bertz CT molecular complexity index is 1240. The Labute approximate surface area is 198 Å². The Morgan fingerprint density at radius 1 is 0.971 bits per heavy atom. The molecule has 0 saturated heterocycles. The van der Waals surface area contributed by atoms with Gasteiger partial charge in [0.15, 0.2) is 17.3 Å². The van der Waals surface area contributed by atoms with E-state index in [2.05, 4.69) is 5.32 Å². The number of anilines is 1. The molecule has 3 aromatic carbocycles. The first-order valence-corrected chi connectivity index (χ1v) is 10.9. The second-order valence-electron chi connectivity index (χ2n) is 8.11. The number of nitrogens with one attached hydrogen (secondary N) is 1. The van der Waals surface area contributed by atoms with Crippen molar-refractivity contribution < 1.29 is 23.9 Å². The molecule has 2 amide bonds. The highest BCUT2D eigenvalue weighted by Gasteiger charge is 2.34. The highest BCUT2D eigenvalue weighted by atomic mass is 16.5. The number of ketones is 1. The Kier molecular flexibility index (Phi) is 6.63. The van der Waals surface area contributed by atoms with Gasteiger partial charge in [-0.05, 0) is 60.5 Å². The SMILES string of the molecule is COc1ccc([C@@H](CC(=O)Nc2ccc(C(C)=O)cc2)N2Cc3ccccc3C2=O)cc1OC. The van der Waals surface area contributed by atoms with Gasteiger partial charge in [-0.15, -0.1) is 0 Å². The van der Waals surface area contributed by atoms with Crippen LogP contribution in [-0.2, 0) is 11.3 Å². The third kappa shape index (κ3) is 4.64. The number of carbonyl (C=O) groups is 3. The van der Waals surface area contributed by atoms with Gasteiger partial charge in [0.05, 0.1) is 26.7 Å². The van der Waals surface area contributed by atoms with Crippen molar-refractivity contribution >= 4 is 23.3 Å². The van der Waals surface area contributed by atoms with E-state index in [1.165, 1.54) is 6.92 Å². The Morgan fingerprint density at radius 2 is 1.68 bits per heavy atom. The number of methoxy groups -OCH3 is 2. The first-order chi connectivity index (χ1) is 16.4. The Morgan fingerprint density at radius 3 is 2.32 bits per heavy atom. The molecule has 0 saturated carbocycles. The molecule has 0 fully saturated rings. The third-order valence-electron chi connectivity index (χ3n) is 5.97. The Hall–Kier alpha value is -4.13. The van der Waals surface area contributed by atoms with E-state index in [-0.39, 0.29) is 24.0 Å². The molecule has 1 N–H and O–H groups in total. The number of hydrogen-bond acceptors (Lipinski definition) is 5. The molecule has 0 unspecified atom stereocenters. The predicted octanol–water partition coefficient (Wildman–Crippen LogP) is 4.63. The standard InChI is InChI=1S/C27H26N2O5/c1-17(30)18-8-11-21(12-9-18)28-26(31)15-23(19-10-13-24(33-2)25(14-19)34-3)29-16-20-6-4-5-7-22(20)27(29)32/h4-14,23H,15-16H2,1-3H3,(H,28,31)/t23-/m1/s1. The number of rotatable bonds is 8. The van der Waals surface area contributed by atoms with Crippen molar-refractivity contribution in [2.75, 3.05) is 19.5 Å². The van der Waals surface area contributed by atoms with Gasteiger partial charge in [-0.25, -0.2) is 0 Å².